The van der Waals surface area contributed by atoms with E-state index >= 15 is 0 Å². The molecule has 0 bridgehead atoms. The van der Waals surface area contributed by atoms with Gasteiger partial charge in [0.25, 0.3) is 5.91 Å². The van der Waals surface area contributed by atoms with E-state index in [4.69, 9.17) is 0 Å². The van der Waals surface area contributed by atoms with Crippen LogP contribution >= 0.6 is 0 Å². The first-order valence-electron chi connectivity index (χ1n) is 8.23. The standard InChI is InChI=1S/C19H25N3O/c1-4-11-22(12-5-2)19(23)18-10-9-17(14-20-18)21-16-8-6-7-15(3)13-16/h6-10,13-14,21H,4-5,11-12H2,1-3H3. The van der Waals surface area contributed by atoms with E-state index in [1.165, 1.54) is 5.56 Å². The van der Waals surface area contributed by atoms with Gasteiger partial charge in [0, 0.05) is 18.8 Å². The number of carbonyl (C=O) groups excluding carboxylic acids is 1. The zero-order valence-electron chi connectivity index (χ0n) is 14.2. The zero-order chi connectivity index (χ0) is 16.7. The van der Waals surface area contributed by atoms with Gasteiger partial charge < -0.3 is 10.2 Å². The van der Waals surface area contributed by atoms with Gasteiger partial charge in [-0.3, -0.25) is 4.79 Å². The second-order valence-corrected chi connectivity index (χ2v) is 5.72. The molecule has 4 nitrogen and oxygen atoms in total. The van der Waals surface area contributed by atoms with Crippen LogP contribution in [0.3, 0.4) is 0 Å². The van der Waals surface area contributed by atoms with Crippen LogP contribution in [0.4, 0.5) is 11.4 Å². The van der Waals surface area contributed by atoms with Gasteiger partial charge in [-0.2, -0.15) is 0 Å². The van der Waals surface area contributed by atoms with E-state index in [9.17, 15) is 4.79 Å². The summed E-state index contributed by atoms with van der Waals surface area (Å²) in [6.45, 7) is 7.77. The van der Waals surface area contributed by atoms with Crippen LogP contribution in [-0.2, 0) is 0 Å². The zero-order valence-corrected chi connectivity index (χ0v) is 14.2. The Morgan fingerprint density at radius 1 is 1.09 bits per heavy atom. The summed E-state index contributed by atoms with van der Waals surface area (Å²) in [5, 5.41) is 3.30. The van der Waals surface area contributed by atoms with Gasteiger partial charge in [0.15, 0.2) is 0 Å². The fraction of sp³-hybridized carbons (Fsp3) is 0.368. The minimum atomic E-state index is 0.0100. The third-order valence-electron chi connectivity index (χ3n) is 3.56. The van der Waals surface area contributed by atoms with Gasteiger partial charge >= 0.3 is 0 Å². The molecule has 0 radical (unpaired) electrons. The average Bonchev–Trinajstić information content (AvgIpc) is 2.55. The molecule has 122 valence electrons. The van der Waals surface area contributed by atoms with Crippen LogP contribution < -0.4 is 5.32 Å². The van der Waals surface area contributed by atoms with Crippen LogP contribution in [0.25, 0.3) is 0 Å². The summed E-state index contributed by atoms with van der Waals surface area (Å²) in [5.41, 5.74) is 3.60. The summed E-state index contributed by atoms with van der Waals surface area (Å²) in [6, 6.07) is 11.8. The Balaban J connectivity index is 2.07. The predicted molar refractivity (Wildman–Crippen MR) is 95.2 cm³/mol. The summed E-state index contributed by atoms with van der Waals surface area (Å²) < 4.78 is 0. The van der Waals surface area contributed by atoms with Gasteiger partial charge in [0.05, 0.1) is 11.9 Å². The van der Waals surface area contributed by atoms with Crippen LogP contribution in [0.1, 0.15) is 42.7 Å². The van der Waals surface area contributed by atoms with E-state index in [0.29, 0.717) is 5.69 Å². The number of aryl methyl sites for hydroxylation is 1. The van der Waals surface area contributed by atoms with E-state index in [1.807, 2.05) is 23.1 Å². The normalized spacial score (nSPS) is 10.4. The largest absolute Gasteiger partial charge is 0.354 e. The van der Waals surface area contributed by atoms with Crippen molar-refractivity contribution in [1.29, 1.82) is 0 Å². The molecule has 1 aromatic carbocycles. The van der Waals surface area contributed by atoms with Crippen molar-refractivity contribution in [2.75, 3.05) is 18.4 Å². The molecular weight excluding hydrogens is 286 g/mol. The van der Waals surface area contributed by atoms with Crippen molar-refractivity contribution in [1.82, 2.24) is 9.88 Å². The Bertz CT molecular complexity index is 631. The highest BCUT2D eigenvalue weighted by molar-refractivity contribution is 5.92. The summed E-state index contributed by atoms with van der Waals surface area (Å²) >= 11 is 0. The lowest BCUT2D eigenvalue weighted by molar-refractivity contribution is 0.0749. The molecule has 1 amide bonds. The summed E-state index contributed by atoms with van der Waals surface area (Å²) in [7, 11) is 0. The topological polar surface area (TPSA) is 45.2 Å². The lowest BCUT2D eigenvalue weighted by atomic mass is 10.2. The molecule has 0 aliphatic heterocycles. The molecule has 23 heavy (non-hydrogen) atoms. The molecule has 1 aromatic heterocycles. The second-order valence-electron chi connectivity index (χ2n) is 5.72. The summed E-state index contributed by atoms with van der Waals surface area (Å²) in [6.07, 6.45) is 3.63. The van der Waals surface area contributed by atoms with Gasteiger partial charge in [-0.05, 0) is 49.6 Å². The van der Waals surface area contributed by atoms with Crippen molar-refractivity contribution in [3.05, 3.63) is 53.9 Å². The number of pyridine rings is 1. The number of nitrogens with zero attached hydrogens (tertiary/aromatic N) is 2. The molecule has 2 aromatic rings. The molecule has 0 unspecified atom stereocenters. The minimum Gasteiger partial charge on any atom is -0.354 e. The number of benzene rings is 1. The fourth-order valence-corrected chi connectivity index (χ4v) is 2.50. The van der Waals surface area contributed by atoms with E-state index in [1.54, 1.807) is 12.3 Å². The SMILES string of the molecule is CCCN(CCC)C(=O)c1ccc(Nc2cccc(C)c2)cn1. The third-order valence-corrected chi connectivity index (χ3v) is 3.56. The van der Waals surface area contributed by atoms with E-state index in [2.05, 4.69) is 43.2 Å². The second kappa shape index (κ2) is 8.32. The number of nitrogens with one attached hydrogen (secondary N) is 1. The number of carbonyl (C=O) groups is 1. The number of hydrogen-bond acceptors (Lipinski definition) is 3. The summed E-state index contributed by atoms with van der Waals surface area (Å²) in [4.78, 5) is 18.7. The molecule has 4 heteroatoms. The van der Waals surface area contributed by atoms with Crippen molar-refractivity contribution >= 4 is 17.3 Å². The first kappa shape index (κ1) is 17.0. The van der Waals surface area contributed by atoms with Crippen LogP contribution in [0, 0.1) is 6.92 Å². The fourth-order valence-electron chi connectivity index (χ4n) is 2.50. The number of aromatic nitrogens is 1. The molecule has 0 fully saturated rings. The van der Waals surface area contributed by atoms with Crippen molar-refractivity contribution in [2.45, 2.75) is 33.6 Å². The van der Waals surface area contributed by atoms with Crippen molar-refractivity contribution in [3.8, 4) is 0 Å². The molecule has 1 heterocycles. The van der Waals surface area contributed by atoms with Crippen molar-refractivity contribution in [3.63, 3.8) is 0 Å². The predicted octanol–water partition coefficient (Wildman–Crippen LogP) is 4.40. The lowest BCUT2D eigenvalue weighted by Crippen LogP contribution is -2.33. The highest BCUT2D eigenvalue weighted by atomic mass is 16.2. The molecule has 0 atom stereocenters. The minimum absolute atomic E-state index is 0.0100. The number of amides is 1. The van der Waals surface area contributed by atoms with Crippen LogP contribution in [0.2, 0.25) is 0 Å². The average molecular weight is 311 g/mol. The maximum atomic E-state index is 12.5. The first-order valence-corrected chi connectivity index (χ1v) is 8.23. The summed E-state index contributed by atoms with van der Waals surface area (Å²) in [5.74, 6) is 0.0100. The van der Waals surface area contributed by atoms with Crippen molar-refractivity contribution in [2.24, 2.45) is 0 Å². The Kier molecular flexibility index (Phi) is 6.15. The number of anilines is 2. The molecular formula is C19H25N3O. The lowest BCUT2D eigenvalue weighted by Gasteiger charge is -2.21. The monoisotopic (exact) mass is 311 g/mol. The molecule has 0 saturated heterocycles. The molecule has 2 rings (SSSR count). The van der Waals surface area contributed by atoms with Crippen molar-refractivity contribution < 1.29 is 4.79 Å². The van der Waals surface area contributed by atoms with Gasteiger partial charge in [-0.15, -0.1) is 0 Å². The Morgan fingerprint density at radius 3 is 2.39 bits per heavy atom. The van der Waals surface area contributed by atoms with Gasteiger partial charge in [-0.25, -0.2) is 4.98 Å². The van der Waals surface area contributed by atoms with Gasteiger partial charge in [-0.1, -0.05) is 26.0 Å². The number of rotatable bonds is 7. The Morgan fingerprint density at radius 2 is 1.83 bits per heavy atom. The van der Waals surface area contributed by atoms with E-state index < -0.39 is 0 Å². The Labute approximate surface area is 138 Å². The van der Waals surface area contributed by atoms with E-state index in [0.717, 1.165) is 37.3 Å². The van der Waals surface area contributed by atoms with Crippen LogP contribution in [0.15, 0.2) is 42.6 Å². The number of hydrogen-bond donors (Lipinski definition) is 1. The van der Waals surface area contributed by atoms with Crippen LogP contribution in [0.5, 0.6) is 0 Å². The van der Waals surface area contributed by atoms with Gasteiger partial charge in [0.2, 0.25) is 0 Å². The smallest absolute Gasteiger partial charge is 0.272 e. The maximum absolute atomic E-state index is 12.5. The Hall–Kier alpha value is -2.36. The molecule has 0 aliphatic carbocycles. The first-order chi connectivity index (χ1) is 11.1. The highest BCUT2D eigenvalue weighted by Crippen LogP contribution is 2.17. The molecule has 1 N–H and O–H groups in total. The quantitative estimate of drug-likeness (QED) is 0.824. The highest BCUT2D eigenvalue weighted by Gasteiger charge is 2.15. The van der Waals surface area contributed by atoms with E-state index in [-0.39, 0.29) is 5.91 Å². The molecule has 0 aliphatic rings. The molecule has 0 saturated carbocycles. The van der Waals surface area contributed by atoms with Crippen LogP contribution in [-0.4, -0.2) is 28.9 Å². The molecule has 0 spiro atoms. The third kappa shape index (κ3) is 4.81. The maximum Gasteiger partial charge on any atom is 0.272 e. The van der Waals surface area contributed by atoms with Gasteiger partial charge in [0.1, 0.15) is 5.69 Å².